The van der Waals surface area contributed by atoms with Gasteiger partial charge in [-0.3, -0.25) is 0 Å². The van der Waals surface area contributed by atoms with Gasteiger partial charge in [0, 0.05) is 10.9 Å². The van der Waals surface area contributed by atoms with E-state index in [9.17, 15) is 0 Å². The van der Waals surface area contributed by atoms with Crippen molar-refractivity contribution in [2.75, 3.05) is 0 Å². The van der Waals surface area contributed by atoms with Crippen LogP contribution in [-0.4, -0.2) is 10.1 Å². The highest BCUT2D eigenvalue weighted by molar-refractivity contribution is 9.10. The monoisotopic (exact) mass is 309 g/mol. The van der Waals surface area contributed by atoms with Gasteiger partial charge in [-0.05, 0) is 31.0 Å². The molecule has 1 unspecified atom stereocenters. The summed E-state index contributed by atoms with van der Waals surface area (Å²) >= 11 is 3.41. The van der Waals surface area contributed by atoms with Gasteiger partial charge in [0.15, 0.2) is 5.82 Å². The molecule has 1 aromatic heterocycles. The minimum absolute atomic E-state index is 0.558. The quantitative estimate of drug-likeness (QED) is 0.943. The van der Waals surface area contributed by atoms with Crippen LogP contribution in [-0.2, 0) is 18.4 Å². The van der Waals surface area contributed by atoms with Gasteiger partial charge in [-0.2, -0.15) is 4.98 Å². The van der Waals surface area contributed by atoms with Crippen molar-refractivity contribution < 1.29 is 4.52 Å². The molecule has 0 bridgehead atoms. The second-order valence-electron chi connectivity index (χ2n) is 4.59. The van der Waals surface area contributed by atoms with E-state index in [1.54, 1.807) is 0 Å². The first-order valence-corrected chi connectivity index (χ1v) is 6.67. The fourth-order valence-electron chi connectivity index (χ4n) is 1.74. The lowest BCUT2D eigenvalue weighted by molar-refractivity contribution is 0.356. The number of hydrogen-bond donors (Lipinski definition) is 1. The minimum Gasteiger partial charge on any atom is -0.339 e. The molecule has 1 aromatic carbocycles. The molecule has 96 valence electrons. The largest absolute Gasteiger partial charge is 0.339 e. The van der Waals surface area contributed by atoms with Crippen molar-refractivity contribution in [2.24, 2.45) is 5.73 Å². The molecule has 0 saturated heterocycles. The van der Waals surface area contributed by atoms with Crippen LogP contribution >= 0.6 is 15.9 Å². The van der Waals surface area contributed by atoms with E-state index < -0.39 is 5.54 Å². The Balaban J connectivity index is 2.18. The second kappa shape index (κ2) is 5.20. The van der Waals surface area contributed by atoms with Gasteiger partial charge < -0.3 is 10.3 Å². The van der Waals surface area contributed by atoms with E-state index >= 15 is 0 Å². The fraction of sp³-hybridized carbons (Fsp3) is 0.385. The third-order valence-corrected chi connectivity index (χ3v) is 3.29. The van der Waals surface area contributed by atoms with E-state index in [1.807, 2.05) is 38.1 Å². The Bertz CT molecular complexity index is 519. The van der Waals surface area contributed by atoms with Gasteiger partial charge in [-0.1, -0.05) is 40.1 Å². The molecular formula is C13H16BrN3O. The van der Waals surface area contributed by atoms with E-state index in [2.05, 4.69) is 26.1 Å². The van der Waals surface area contributed by atoms with E-state index in [1.165, 1.54) is 0 Å². The first kappa shape index (κ1) is 13.2. The third kappa shape index (κ3) is 2.97. The van der Waals surface area contributed by atoms with E-state index in [0.717, 1.165) is 16.5 Å². The topological polar surface area (TPSA) is 64.9 Å². The van der Waals surface area contributed by atoms with Gasteiger partial charge in [-0.25, -0.2) is 0 Å². The smallest absolute Gasteiger partial charge is 0.226 e. The van der Waals surface area contributed by atoms with Crippen molar-refractivity contribution in [2.45, 2.75) is 32.2 Å². The van der Waals surface area contributed by atoms with Gasteiger partial charge in [0.2, 0.25) is 5.89 Å². The molecule has 0 aliphatic carbocycles. The average Bonchev–Trinajstić information content (AvgIpc) is 2.81. The Labute approximate surface area is 115 Å². The van der Waals surface area contributed by atoms with Gasteiger partial charge in [0.25, 0.3) is 0 Å². The summed E-state index contributed by atoms with van der Waals surface area (Å²) < 4.78 is 6.16. The predicted octanol–water partition coefficient (Wildman–Crippen LogP) is 2.81. The number of halogens is 1. The number of aryl methyl sites for hydroxylation is 1. The molecule has 18 heavy (non-hydrogen) atoms. The SMILES string of the molecule is CCc1nc(C(C)(N)Cc2ccc(Br)cc2)no1. The molecule has 2 rings (SSSR count). The fourth-order valence-corrected chi connectivity index (χ4v) is 2.00. The van der Waals surface area contributed by atoms with Gasteiger partial charge in [0.05, 0.1) is 5.54 Å². The van der Waals surface area contributed by atoms with Crippen molar-refractivity contribution in [3.05, 3.63) is 46.0 Å². The summed E-state index contributed by atoms with van der Waals surface area (Å²) in [6, 6.07) is 8.07. The van der Waals surface area contributed by atoms with Crippen LogP contribution in [0.2, 0.25) is 0 Å². The number of hydrogen-bond acceptors (Lipinski definition) is 4. The van der Waals surface area contributed by atoms with Crippen molar-refractivity contribution in [1.82, 2.24) is 10.1 Å². The van der Waals surface area contributed by atoms with Crippen molar-refractivity contribution in [3.8, 4) is 0 Å². The van der Waals surface area contributed by atoms with Crippen molar-refractivity contribution >= 4 is 15.9 Å². The number of nitrogens with zero attached hydrogens (tertiary/aromatic N) is 2. The number of nitrogens with two attached hydrogens (primary N) is 1. The normalized spacial score (nSPS) is 14.4. The van der Waals surface area contributed by atoms with E-state index in [4.69, 9.17) is 10.3 Å². The maximum Gasteiger partial charge on any atom is 0.226 e. The van der Waals surface area contributed by atoms with Crippen LogP contribution in [0.3, 0.4) is 0 Å². The molecule has 0 radical (unpaired) electrons. The van der Waals surface area contributed by atoms with Crippen molar-refractivity contribution in [1.29, 1.82) is 0 Å². The van der Waals surface area contributed by atoms with Crippen LogP contribution in [0.15, 0.2) is 33.3 Å². The van der Waals surface area contributed by atoms with Gasteiger partial charge >= 0.3 is 0 Å². The van der Waals surface area contributed by atoms with Crippen LogP contribution in [0.1, 0.15) is 31.1 Å². The van der Waals surface area contributed by atoms with Crippen LogP contribution in [0.4, 0.5) is 0 Å². The van der Waals surface area contributed by atoms with Crippen LogP contribution in [0, 0.1) is 0 Å². The molecule has 5 heteroatoms. The molecule has 1 heterocycles. The highest BCUT2D eigenvalue weighted by atomic mass is 79.9. The zero-order chi connectivity index (χ0) is 13.2. The zero-order valence-electron chi connectivity index (χ0n) is 10.5. The molecule has 1 atom stereocenters. The summed E-state index contributed by atoms with van der Waals surface area (Å²) in [5, 5.41) is 3.95. The molecule has 4 nitrogen and oxygen atoms in total. The molecule has 0 amide bonds. The summed E-state index contributed by atoms with van der Waals surface area (Å²) in [7, 11) is 0. The van der Waals surface area contributed by atoms with Gasteiger partial charge in [0.1, 0.15) is 0 Å². The minimum atomic E-state index is -0.620. The molecular weight excluding hydrogens is 294 g/mol. The number of rotatable bonds is 4. The summed E-state index contributed by atoms with van der Waals surface area (Å²) in [4.78, 5) is 4.30. The Hall–Kier alpha value is -1.20. The van der Waals surface area contributed by atoms with Gasteiger partial charge in [-0.15, -0.1) is 0 Å². The Morgan fingerprint density at radius 1 is 1.33 bits per heavy atom. The Kier molecular flexibility index (Phi) is 3.82. The van der Waals surface area contributed by atoms with Crippen LogP contribution < -0.4 is 5.73 Å². The Morgan fingerprint density at radius 2 is 2.00 bits per heavy atom. The lowest BCUT2D eigenvalue weighted by Crippen LogP contribution is -2.36. The molecule has 0 saturated carbocycles. The lowest BCUT2D eigenvalue weighted by atomic mass is 9.93. The number of benzene rings is 1. The predicted molar refractivity (Wildman–Crippen MR) is 73.1 cm³/mol. The first-order chi connectivity index (χ1) is 8.51. The first-order valence-electron chi connectivity index (χ1n) is 5.87. The van der Waals surface area contributed by atoms with E-state index in [0.29, 0.717) is 18.1 Å². The Morgan fingerprint density at radius 3 is 2.56 bits per heavy atom. The third-order valence-electron chi connectivity index (χ3n) is 2.77. The molecule has 0 aliphatic rings. The summed E-state index contributed by atoms with van der Waals surface area (Å²) in [6.07, 6.45) is 1.39. The second-order valence-corrected chi connectivity index (χ2v) is 5.50. The molecule has 2 N–H and O–H groups in total. The standard InChI is InChI=1S/C13H16BrN3O/c1-3-11-16-12(17-18-11)13(2,15)8-9-4-6-10(14)7-5-9/h4-7H,3,8,15H2,1-2H3. The maximum atomic E-state index is 6.28. The summed E-state index contributed by atoms with van der Waals surface area (Å²) in [5.41, 5.74) is 6.80. The highest BCUT2D eigenvalue weighted by Crippen LogP contribution is 2.21. The number of aromatic nitrogens is 2. The lowest BCUT2D eigenvalue weighted by Gasteiger charge is -2.20. The molecule has 0 fully saturated rings. The maximum absolute atomic E-state index is 6.28. The molecule has 0 spiro atoms. The average molecular weight is 310 g/mol. The van der Waals surface area contributed by atoms with Crippen LogP contribution in [0.5, 0.6) is 0 Å². The summed E-state index contributed by atoms with van der Waals surface area (Å²) in [6.45, 7) is 3.89. The summed E-state index contributed by atoms with van der Waals surface area (Å²) in [5.74, 6) is 1.18. The highest BCUT2D eigenvalue weighted by Gasteiger charge is 2.27. The molecule has 0 aliphatic heterocycles. The van der Waals surface area contributed by atoms with Crippen LogP contribution in [0.25, 0.3) is 0 Å². The zero-order valence-corrected chi connectivity index (χ0v) is 12.1. The molecule has 2 aromatic rings. The van der Waals surface area contributed by atoms with Crippen molar-refractivity contribution in [3.63, 3.8) is 0 Å². The van der Waals surface area contributed by atoms with E-state index in [-0.39, 0.29) is 0 Å².